The van der Waals surface area contributed by atoms with Gasteiger partial charge in [-0.3, -0.25) is 9.69 Å². The number of thiazole rings is 1. The van der Waals surface area contributed by atoms with Crippen LogP contribution in [-0.2, 0) is 6.54 Å². The first-order valence-electron chi connectivity index (χ1n) is 8.92. The van der Waals surface area contributed by atoms with Gasteiger partial charge in [0.15, 0.2) is 0 Å². The molecule has 2 aromatic rings. The third-order valence-electron chi connectivity index (χ3n) is 4.68. The molecule has 1 amide bonds. The maximum Gasteiger partial charge on any atom is 0.265 e. The topological polar surface area (TPSA) is 54.3 Å². The number of rotatable bonds is 5. The monoisotopic (exact) mass is 361 g/mol. The molecule has 136 valence electrons. The van der Waals surface area contributed by atoms with E-state index < -0.39 is 0 Å². The van der Waals surface area contributed by atoms with Crippen molar-refractivity contribution < 1.29 is 4.79 Å². The molecule has 1 aliphatic rings. The molecule has 0 radical (unpaired) electrons. The lowest BCUT2D eigenvalue weighted by Gasteiger charge is -2.34. The van der Waals surface area contributed by atoms with Crippen LogP contribution >= 0.6 is 11.3 Å². The quantitative estimate of drug-likeness (QED) is 0.821. The smallest absolute Gasteiger partial charge is 0.265 e. The number of carbonyl (C=O) groups excluding carboxylic acids is 1. The summed E-state index contributed by atoms with van der Waals surface area (Å²) in [7, 11) is 0. The Bertz CT molecular complexity index is 728. The molecule has 1 fully saturated rings. The first-order chi connectivity index (χ1) is 12.0. The highest BCUT2D eigenvalue weighted by Crippen LogP contribution is 2.20. The Morgan fingerprint density at radius 3 is 2.52 bits per heavy atom. The van der Waals surface area contributed by atoms with E-state index in [1.54, 1.807) is 0 Å². The van der Waals surface area contributed by atoms with Crippen molar-refractivity contribution in [1.29, 1.82) is 0 Å². The second kappa shape index (κ2) is 7.66. The minimum Gasteiger partial charge on any atom is -0.335 e. The Hall–Kier alpha value is -1.73. The van der Waals surface area contributed by atoms with Crippen LogP contribution in [0.2, 0.25) is 0 Å². The average Bonchev–Trinajstić information content (AvgIpc) is 3.19. The molecule has 3 heterocycles. The van der Waals surface area contributed by atoms with Crippen LogP contribution in [-0.4, -0.2) is 63.0 Å². The van der Waals surface area contributed by atoms with E-state index in [1.807, 2.05) is 24.9 Å². The molecular weight excluding hydrogens is 334 g/mol. The summed E-state index contributed by atoms with van der Waals surface area (Å²) in [5.41, 5.74) is 0.858. The molecule has 1 aliphatic heterocycles. The second-order valence-electron chi connectivity index (χ2n) is 6.91. The van der Waals surface area contributed by atoms with E-state index in [4.69, 9.17) is 0 Å². The number of carbonyl (C=O) groups is 1. The van der Waals surface area contributed by atoms with Crippen LogP contribution < -0.4 is 0 Å². The fraction of sp³-hybridized carbons (Fsp3) is 0.611. The van der Waals surface area contributed by atoms with Gasteiger partial charge in [-0.1, -0.05) is 13.8 Å². The molecule has 25 heavy (non-hydrogen) atoms. The first kappa shape index (κ1) is 18.1. The Kier molecular flexibility index (Phi) is 5.54. The van der Waals surface area contributed by atoms with Crippen LogP contribution in [0.1, 0.15) is 46.0 Å². The summed E-state index contributed by atoms with van der Waals surface area (Å²) >= 11 is 1.50. The molecule has 0 aromatic carbocycles. The Balaban J connectivity index is 1.51. The van der Waals surface area contributed by atoms with Gasteiger partial charge in [-0.05, 0) is 13.8 Å². The Morgan fingerprint density at radius 1 is 1.20 bits per heavy atom. The van der Waals surface area contributed by atoms with Gasteiger partial charge in [0, 0.05) is 57.6 Å². The lowest BCUT2D eigenvalue weighted by molar-refractivity contribution is 0.0636. The molecule has 0 saturated carbocycles. The third kappa shape index (κ3) is 4.10. The van der Waals surface area contributed by atoms with Gasteiger partial charge in [-0.25, -0.2) is 9.97 Å². The summed E-state index contributed by atoms with van der Waals surface area (Å²) in [6, 6.07) is 0. The van der Waals surface area contributed by atoms with E-state index in [1.165, 1.54) is 11.3 Å². The number of amides is 1. The molecule has 7 heteroatoms. The van der Waals surface area contributed by atoms with E-state index in [0.717, 1.165) is 60.7 Å². The van der Waals surface area contributed by atoms with Gasteiger partial charge in [-0.2, -0.15) is 0 Å². The van der Waals surface area contributed by atoms with E-state index in [-0.39, 0.29) is 5.91 Å². The van der Waals surface area contributed by atoms with Crippen LogP contribution in [0.3, 0.4) is 0 Å². The zero-order chi connectivity index (χ0) is 18.0. The lowest BCUT2D eigenvalue weighted by Crippen LogP contribution is -2.49. The fourth-order valence-corrected chi connectivity index (χ4v) is 4.20. The molecule has 1 saturated heterocycles. The molecule has 0 unspecified atom stereocenters. The van der Waals surface area contributed by atoms with Crippen molar-refractivity contribution in [1.82, 2.24) is 24.3 Å². The van der Waals surface area contributed by atoms with Gasteiger partial charge < -0.3 is 9.47 Å². The molecular formula is C18H27N5OS. The molecule has 0 aliphatic carbocycles. The van der Waals surface area contributed by atoms with Crippen LogP contribution in [0.15, 0.2) is 12.4 Å². The normalized spacial score (nSPS) is 16.0. The average molecular weight is 362 g/mol. The third-order valence-corrected chi connectivity index (χ3v) is 5.74. The maximum absolute atomic E-state index is 12.7. The minimum absolute atomic E-state index is 0.138. The first-order valence-corrected chi connectivity index (χ1v) is 9.74. The van der Waals surface area contributed by atoms with E-state index in [0.29, 0.717) is 5.92 Å². The fourth-order valence-electron chi connectivity index (χ4n) is 3.31. The highest BCUT2D eigenvalue weighted by Gasteiger charge is 2.25. The predicted octanol–water partition coefficient (Wildman–Crippen LogP) is 2.54. The highest BCUT2D eigenvalue weighted by atomic mass is 32.1. The van der Waals surface area contributed by atoms with E-state index >= 15 is 0 Å². The Labute approximate surface area is 153 Å². The largest absolute Gasteiger partial charge is 0.335 e. The lowest BCUT2D eigenvalue weighted by atomic mass is 10.2. The molecule has 0 spiro atoms. The van der Waals surface area contributed by atoms with Gasteiger partial charge in [0.1, 0.15) is 10.7 Å². The number of hydrogen-bond acceptors (Lipinski definition) is 5. The van der Waals surface area contributed by atoms with Crippen molar-refractivity contribution >= 4 is 17.2 Å². The van der Waals surface area contributed by atoms with Crippen molar-refractivity contribution in [3.8, 4) is 0 Å². The van der Waals surface area contributed by atoms with E-state index in [2.05, 4.69) is 39.5 Å². The number of aryl methyl sites for hydroxylation is 2. The molecule has 0 N–H and O–H groups in total. The molecule has 0 atom stereocenters. The van der Waals surface area contributed by atoms with Gasteiger partial charge in [0.25, 0.3) is 5.91 Å². The second-order valence-corrected chi connectivity index (χ2v) is 8.12. The maximum atomic E-state index is 12.7. The zero-order valence-electron chi connectivity index (χ0n) is 15.5. The van der Waals surface area contributed by atoms with Crippen molar-refractivity contribution in [2.24, 2.45) is 0 Å². The van der Waals surface area contributed by atoms with Crippen molar-refractivity contribution in [3.05, 3.63) is 33.8 Å². The van der Waals surface area contributed by atoms with Gasteiger partial charge >= 0.3 is 0 Å². The summed E-state index contributed by atoms with van der Waals surface area (Å²) in [6.45, 7) is 13.6. The Morgan fingerprint density at radius 2 is 1.92 bits per heavy atom. The van der Waals surface area contributed by atoms with Gasteiger partial charge in [0.05, 0.1) is 10.7 Å². The number of nitrogens with zero attached hydrogens (tertiary/aromatic N) is 5. The molecule has 6 nitrogen and oxygen atoms in total. The number of hydrogen-bond donors (Lipinski definition) is 0. The van der Waals surface area contributed by atoms with Crippen LogP contribution in [0.4, 0.5) is 0 Å². The van der Waals surface area contributed by atoms with Gasteiger partial charge in [0.2, 0.25) is 0 Å². The van der Waals surface area contributed by atoms with Crippen LogP contribution in [0.25, 0.3) is 0 Å². The number of piperazine rings is 1. The predicted molar refractivity (Wildman–Crippen MR) is 100 cm³/mol. The van der Waals surface area contributed by atoms with Gasteiger partial charge in [-0.15, -0.1) is 11.3 Å². The molecule has 0 bridgehead atoms. The summed E-state index contributed by atoms with van der Waals surface area (Å²) in [5.74, 6) is 1.72. The SMILES string of the molecule is Cc1nc(C)c(C(=O)N2CCN(CCn3ccnc3C(C)C)CC2)s1. The van der Waals surface area contributed by atoms with Crippen molar-refractivity contribution in [2.75, 3.05) is 32.7 Å². The summed E-state index contributed by atoms with van der Waals surface area (Å²) in [4.78, 5) is 26.7. The molecule has 3 rings (SSSR count). The number of aromatic nitrogens is 3. The molecule has 2 aromatic heterocycles. The summed E-state index contributed by atoms with van der Waals surface area (Å²) < 4.78 is 2.24. The zero-order valence-corrected chi connectivity index (χ0v) is 16.3. The summed E-state index contributed by atoms with van der Waals surface area (Å²) in [6.07, 6.45) is 3.94. The minimum atomic E-state index is 0.138. The van der Waals surface area contributed by atoms with E-state index in [9.17, 15) is 4.79 Å². The standard InChI is InChI=1S/C18H27N5OS/c1-13(2)17-19-5-6-22(17)10-7-21-8-11-23(12-9-21)18(24)16-14(3)20-15(4)25-16/h5-6,13H,7-12H2,1-4H3. The highest BCUT2D eigenvalue weighted by molar-refractivity contribution is 7.13. The number of imidazole rings is 1. The van der Waals surface area contributed by atoms with Crippen LogP contribution in [0, 0.1) is 13.8 Å². The summed E-state index contributed by atoms with van der Waals surface area (Å²) in [5, 5.41) is 0.959. The van der Waals surface area contributed by atoms with Crippen molar-refractivity contribution in [2.45, 2.75) is 40.2 Å². The van der Waals surface area contributed by atoms with Crippen LogP contribution in [0.5, 0.6) is 0 Å². The van der Waals surface area contributed by atoms with Crippen molar-refractivity contribution in [3.63, 3.8) is 0 Å².